The predicted molar refractivity (Wildman–Crippen MR) is 86.2 cm³/mol. The number of ether oxygens (including phenoxy) is 1. The van der Waals surface area contributed by atoms with E-state index in [4.69, 9.17) is 4.74 Å². The van der Waals surface area contributed by atoms with E-state index in [-0.39, 0.29) is 6.09 Å². The average molecular weight is 300 g/mol. The zero-order valence-corrected chi connectivity index (χ0v) is 13.6. The largest absolute Gasteiger partial charge is 0.444 e. The van der Waals surface area contributed by atoms with Crippen molar-refractivity contribution >= 4 is 6.09 Å². The maximum Gasteiger partial charge on any atom is 0.410 e. The lowest BCUT2D eigenvalue weighted by atomic mass is 10.1. The quantitative estimate of drug-likeness (QED) is 0.840. The maximum absolute atomic E-state index is 12.1. The van der Waals surface area contributed by atoms with Gasteiger partial charge < -0.3 is 14.5 Å². The number of fused-ring (bicyclic) bond motifs is 1. The van der Waals surface area contributed by atoms with Gasteiger partial charge in [0.1, 0.15) is 5.60 Å². The van der Waals surface area contributed by atoms with Gasteiger partial charge in [-0.25, -0.2) is 4.79 Å². The van der Waals surface area contributed by atoms with Crippen LogP contribution in [0, 0.1) is 5.92 Å². The molecule has 1 amide bonds. The van der Waals surface area contributed by atoms with Crippen LogP contribution < -0.4 is 0 Å². The second kappa shape index (κ2) is 5.67. The standard InChI is InChI=1S/C18H24N2O2/c1-18(2,3)22-17(21)20-12-15-10-19(11-16(15)13-20)9-14-7-5-4-6-8-14/h4-8,10,16H,9,11-13H2,1-3H3. The number of amides is 1. The van der Waals surface area contributed by atoms with Crippen molar-refractivity contribution in [3.05, 3.63) is 47.7 Å². The van der Waals surface area contributed by atoms with Gasteiger partial charge in [0.2, 0.25) is 0 Å². The second-order valence-electron chi connectivity index (χ2n) is 7.18. The van der Waals surface area contributed by atoms with E-state index in [1.165, 1.54) is 11.1 Å². The molecule has 1 aromatic rings. The summed E-state index contributed by atoms with van der Waals surface area (Å²) in [6.07, 6.45) is 2.03. The normalized spacial score (nSPS) is 20.9. The van der Waals surface area contributed by atoms with Gasteiger partial charge in [0.15, 0.2) is 0 Å². The van der Waals surface area contributed by atoms with Crippen LogP contribution in [0.4, 0.5) is 4.79 Å². The van der Waals surface area contributed by atoms with Crippen molar-refractivity contribution in [2.24, 2.45) is 5.92 Å². The van der Waals surface area contributed by atoms with Gasteiger partial charge in [-0.05, 0) is 31.9 Å². The van der Waals surface area contributed by atoms with Crippen LogP contribution in [0.3, 0.4) is 0 Å². The number of carbonyl (C=O) groups excluding carboxylic acids is 1. The molecule has 3 rings (SSSR count). The topological polar surface area (TPSA) is 32.8 Å². The molecular weight excluding hydrogens is 276 g/mol. The van der Waals surface area contributed by atoms with Crippen LogP contribution in [0.1, 0.15) is 26.3 Å². The third-order valence-corrected chi connectivity index (χ3v) is 4.02. The lowest BCUT2D eigenvalue weighted by molar-refractivity contribution is 0.0287. The third kappa shape index (κ3) is 3.43. The summed E-state index contributed by atoms with van der Waals surface area (Å²) in [5.74, 6) is 0.455. The lowest BCUT2D eigenvalue weighted by Crippen LogP contribution is -2.36. The van der Waals surface area contributed by atoms with Gasteiger partial charge in [-0.2, -0.15) is 0 Å². The van der Waals surface area contributed by atoms with Crippen LogP contribution in [0.15, 0.2) is 42.1 Å². The summed E-state index contributed by atoms with van der Waals surface area (Å²) in [5.41, 5.74) is 2.24. The Labute approximate surface area is 132 Å². The molecule has 4 heteroatoms. The van der Waals surface area contributed by atoms with Crippen LogP contribution in [-0.4, -0.2) is 41.1 Å². The molecule has 0 aliphatic carbocycles. The molecule has 0 saturated carbocycles. The molecule has 1 atom stereocenters. The second-order valence-corrected chi connectivity index (χ2v) is 7.18. The van der Waals surface area contributed by atoms with Crippen LogP contribution >= 0.6 is 0 Å². The molecule has 2 aliphatic heterocycles. The van der Waals surface area contributed by atoms with E-state index in [2.05, 4.69) is 35.4 Å². The smallest absolute Gasteiger partial charge is 0.410 e. The van der Waals surface area contributed by atoms with Gasteiger partial charge in [0.25, 0.3) is 0 Å². The summed E-state index contributed by atoms with van der Waals surface area (Å²) in [4.78, 5) is 16.3. The minimum absolute atomic E-state index is 0.197. The predicted octanol–water partition coefficient (Wildman–Crippen LogP) is 3.25. The van der Waals surface area contributed by atoms with Crippen molar-refractivity contribution in [3.8, 4) is 0 Å². The van der Waals surface area contributed by atoms with Crippen LogP contribution in [-0.2, 0) is 11.3 Å². The van der Waals surface area contributed by atoms with Gasteiger partial charge in [0.05, 0.1) is 0 Å². The number of hydrogen-bond donors (Lipinski definition) is 0. The van der Waals surface area contributed by atoms with Crippen molar-refractivity contribution < 1.29 is 9.53 Å². The fourth-order valence-electron chi connectivity index (χ4n) is 3.08. The summed E-state index contributed by atoms with van der Waals surface area (Å²) < 4.78 is 5.46. The Bertz CT molecular complexity index is 574. The highest BCUT2D eigenvalue weighted by atomic mass is 16.6. The Morgan fingerprint density at radius 1 is 1.23 bits per heavy atom. The monoisotopic (exact) mass is 300 g/mol. The van der Waals surface area contributed by atoms with Gasteiger partial charge in [-0.3, -0.25) is 0 Å². The Morgan fingerprint density at radius 2 is 1.95 bits per heavy atom. The number of nitrogens with zero attached hydrogens (tertiary/aromatic N) is 2. The van der Waals surface area contributed by atoms with Gasteiger partial charge in [0, 0.05) is 38.3 Å². The number of rotatable bonds is 2. The van der Waals surface area contributed by atoms with Crippen molar-refractivity contribution in [2.45, 2.75) is 32.9 Å². The molecule has 0 N–H and O–H groups in total. The van der Waals surface area contributed by atoms with Crippen LogP contribution in [0.5, 0.6) is 0 Å². The summed E-state index contributed by atoms with van der Waals surface area (Å²) in [7, 11) is 0. The van der Waals surface area contributed by atoms with Crippen LogP contribution in [0.25, 0.3) is 0 Å². The highest BCUT2D eigenvalue weighted by molar-refractivity contribution is 5.69. The minimum atomic E-state index is -0.428. The first-order valence-corrected chi connectivity index (χ1v) is 7.87. The van der Waals surface area contributed by atoms with Gasteiger partial charge >= 0.3 is 6.09 Å². The van der Waals surface area contributed by atoms with E-state index in [1.807, 2.05) is 31.7 Å². The molecule has 1 aromatic carbocycles. The minimum Gasteiger partial charge on any atom is -0.444 e. The van der Waals surface area contributed by atoms with E-state index < -0.39 is 5.60 Å². The first-order chi connectivity index (χ1) is 10.4. The number of likely N-dealkylation sites (tertiary alicyclic amines) is 1. The fourth-order valence-corrected chi connectivity index (χ4v) is 3.08. The van der Waals surface area contributed by atoms with Crippen molar-refractivity contribution in [1.82, 2.24) is 9.80 Å². The van der Waals surface area contributed by atoms with Crippen molar-refractivity contribution in [1.29, 1.82) is 0 Å². The molecule has 22 heavy (non-hydrogen) atoms. The third-order valence-electron chi connectivity index (χ3n) is 4.02. The summed E-state index contributed by atoms with van der Waals surface area (Å²) in [6.45, 7) is 9.11. The molecule has 1 unspecified atom stereocenters. The Kier molecular flexibility index (Phi) is 3.85. The highest BCUT2D eigenvalue weighted by Crippen LogP contribution is 2.31. The molecule has 4 nitrogen and oxygen atoms in total. The van der Waals surface area contributed by atoms with Crippen molar-refractivity contribution in [2.75, 3.05) is 19.6 Å². The number of benzene rings is 1. The zero-order chi connectivity index (χ0) is 15.7. The molecule has 0 radical (unpaired) electrons. The first-order valence-electron chi connectivity index (χ1n) is 7.87. The van der Waals surface area contributed by atoms with E-state index in [0.29, 0.717) is 12.5 Å². The molecule has 1 saturated heterocycles. The number of carbonyl (C=O) groups is 1. The molecule has 2 aliphatic rings. The number of hydrogen-bond acceptors (Lipinski definition) is 3. The van der Waals surface area contributed by atoms with E-state index in [1.54, 1.807) is 0 Å². The molecule has 1 fully saturated rings. The molecular formula is C18H24N2O2. The van der Waals surface area contributed by atoms with E-state index in [0.717, 1.165) is 19.6 Å². The van der Waals surface area contributed by atoms with Gasteiger partial charge in [-0.15, -0.1) is 0 Å². The maximum atomic E-state index is 12.1. The molecule has 0 bridgehead atoms. The highest BCUT2D eigenvalue weighted by Gasteiger charge is 2.37. The Morgan fingerprint density at radius 3 is 2.59 bits per heavy atom. The summed E-state index contributed by atoms with van der Waals surface area (Å²) in [5, 5.41) is 0. The van der Waals surface area contributed by atoms with Crippen molar-refractivity contribution in [3.63, 3.8) is 0 Å². The molecule has 0 aromatic heterocycles. The van der Waals surface area contributed by atoms with E-state index in [9.17, 15) is 4.79 Å². The summed E-state index contributed by atoms with van der Waals surface area (Å²) >= 11 is 0. The first kappa shape index (κ1) is 14.9. The molecule has 118 valence electrons. The SMILES string of the molecule is CC(C)(C)OC(=O)N1CC2=CN(Cc3ccccc3)CC2C1. The van der Waals surface area contributed by atoms with Crippen LogP contribution in [0.2, 0.25) is 0 Å². The fraction of sp³-hybridized carbons (Fsp3) is 0.500. The summed E-state index contributed by atoms with van der Waals surface area (Å²) in [6, 6.07) is 10.5. The molecule has 2 heterocycles. The lowest BCUT2D eigenvalue weighted by Gasteiger charge is -2.25. The Hall–Kier alpha value is -1.97. The Balaban J connectivity index is 1.58. The zero-order valence-electron chi connectivity index (χ0n) is 13.6. The molecule has 0 spiro atoms. The van der Waals surface area contributed by atoms with Gasteiger partial charge in [-0.1, -0.05) is 30.3 Å². The average Bonchev–Trinajstić information content (AvgIpc) is 2.96. The van der Waals surface area contributed by atoms with E-state index >= 15 is 0 Å².